The van der Waals surface area contributed by atoms with Crippen molar-refractivity contribution in [3.8, 4) is 11.1 Å². The number of nitro groups is 1. The highest BCUT2D eigenvalue weighted by Gasteiger charge is 2.42. The van der Waals surface area contributed by atoms with Crippen molar-refractivity contribution in [1.82, 2.24) is 9.62 Å². The monoisotopic (exact) mass is 983 g/mol. The molecule has 1 amide bonds. The number of halogens is 1. The minimum Gasteiger partial charge on any atom is -0.410 e. The lowest BCUT2D eigenvalue weighted by Gasteiger charge is -2.44. The van der Waals surface area contributed by atoms with E-state index in [2.05, 4.69) is 90.1 Å². The molecule has 0 aliphatic carbocycles. The molecule has 0 saturated carbocycles. The van der Waals surface area contributed by atoms with Crippen LogP contribution in [0.25, 0.3) is 11.1 Å². The number of benzene rings is 5. The van der Waals surface area contributed by atoms with Gasteiger partial charge < -0.3 is 19.4 Å². The van der Waals surface area contributed by atoms with Crippen LogP contribution in [0.3, 0.4) is 0 Å². The van der Waals surface area contributed by atoms with Crippen LogP contribution in [0.2, 0.25) is 23.2 Å². The predicted molar refractivity (Wildman–Crippen MR) is 273 cm³/mol. The van der Waals surface area contributed by atoms with Crippen LogP contribution in [0.5, 0.6) is 0 Å². The molecule has 2 saturated heterocycles. The zero-order chi connectivity index (χ0) is 47.8. The van der Waals surface area contributed by atoms with Gasteiger partial charge in [0, 0.05) is 71.8 Å². The summed E-state index contributed by atoms with van der Waals surface area (Å²) in [5.41, 5.74) is 4.30. The number of carbonyl (C=O) groups is 1. The molecule has 16 heteroatoms. The van der Waals surface area contributed by atoms with Gasteiger partial charge in [0.15, 0.2) is 8.32 Å². The zero-order valence-electron chi connectivity index (χ0n) is 39.0. The summed E-state index contributed by atoms with van der Waals surface area (Å²) in [6, 6.07) is 36.8. The van der Waals surface area contributed by atoms with E-state index in [4.69, 9.17) is 20.8 Å². The van der Waals surface area contributed by atoms with Gasteiger partial charge in [-0.3, -0.25) is 19.8 Å². The fraction of sp³-hybridized carbons (Fsp3) is 0.392. The fourth-order valence-electron chi connectivity index (χ4n) is 8.31. The Hall–Kier alpha value is -4.74. The third-order valence-electron chi connectivity index (χ3n) is 13.3. The molecule has 0 radical (unpaired) electrons. The van der Waals surface area contributed by atoms with Crippen LogP contribution in [0.4, 0.5) is 17.1 Å². The first-order chi connectivity index (χ1) is 32.0. The normalized spacial score (nSPS) is 16.3. The highest BCUT2D eigenvalue weighted by Crippen LogP contribution is 2.46. The number of nitrogens with one attached hydrogen (secondary N) is 2. The van der Waals surface area contributed by atoms with E-state index in [1.54, 1.807) is 23.9 Å². The van der Waals surface area contributed by atoms with E-state index >= 15 is 0 Å². The van der Waals surface area contributed by atoms with Gasteiger partial charge in [0.2, 0.25) is 0 Å². The van der Waals surface area contributed by atoms with Crippen molar-refractivity contribution in [3.05, 3.63) is 148 Å². The van der Waals surface area contributed by atoms with Crippen LogP contribution < -0.4 is 14.9 Å². The second kappa shape index (κ2) is 22.1. The Morgan fingerprint density at radius 3 is 2.22 bits per heavy atom. The fourth-order valence-corrected chi connectivity index (χ4v) is 11.7. The number of amides is 1. The quantitative estimate of drug-likeness (QED) is 0.0375. The van der Waals surface area contributed by atoms with Gasteiger partial charge in [0.25, 0.3) is 21.6 Å². The maximum Gasteiger partial charge on any atom is 0.293 e. The van der Waals surface area contributed by atoms with Crippen molar-refractivity contribution < 1.29 is 27.3 Å². The number of ether oxygens (including phenoxy) is 1. The van der Waals surface area contributed by atoms with E-state index in [9.17, 15) is 23.3 Å². The number of nitro benzene ring substituents is 1. The van der Waals surface area contributed by atoms with Crippen LogP contribution in [0, 0.1) is 16.0 Å². The number of piperidine rings is 1. The van der Waals surface area contributed by atoms with Crippen molar-refractivity contribution in [1.29, 1.82) is 0 Å². The van der Waals surface area contributed by atoms with Crippen LogP contribution in [-0.4, -0.2) is 90.2 Å². The van der Waals surface area contributed by atoms with Crippen molar-refractivity contribution in [2.24, 2.45) is 5.92 Å². The standard InChI is InChI=1S/C51H62ClN5O7S2Si/c1-51(2,3)67(4,5)64-49(46-14-10-9-13-45(46)37-15-19-40(52)20-16-37)38-25-29-56(30-26-38)42-21-17-39(18-22-42)50(58)54-66(61,62)44-23-24-47(48(35-44)57(59)60)53-41(27-28-55-31-33-63-34-32-55)36-65-43-11-7-6-8-12-43/h6-24,35,38,41,49,53H,25-34,36H2,1-5H3,(H,54,58)/t41-,49-/m1/s1. The molecule has 5 aromatic rings. The molecule has 2 N–H and O–H groups in total. The predicted octanol–water partition coefficient (Wildman–Crippen LogP) is 11.3. The lowest BCUT2D eigenvalue weighted by molar-refractivity contribution is -0.384. The van der Waals surface area contributed by atoms with Crippen LogP contribution >= 0.6 is 23.4 Å². The second-order valence-corrected chi connectivity index (χ2v) is 26.8. The number of carbonyl (C=O) groups excluding carboxylic acids is 1. The molecule has 12 nitrogen and oxygen atoms in total. The van der Waals surface area contributed by atoms with Crippen LogP contribution in [-0.2, 0) is 19.2 Å². The molecule has 2 aliphatic heterocycles. The summed E-state index contributed by atoms with van der Waals surface area (Å²) in [6.45, 7) is 16.7. The van der Waals surface area contributed by atoms with Gasteiger partial charge in [-0.2, -0.15) is 0 Å². The number of nitrogens with zero attached hydrogens (tertiary/aromatic N) is 3. The molecule has 2 heterocycles. The zero-order valence-corrected chi connectivity index (χ0v) is 42.3. The molecule has 67 heavy (non-hydrogen) atoms. The van der Waals surface area contributed by atoms with Gasteiger partial charge in [0.1, 0.15) is 5.69 Å². The molecule has 7 rings (SSSR count). The summed E-state index contributed by atoms with van der Waals surface area (Å²) in [5, 5.41) is 16.5. The SMILES string of the molecule is CC(C)(C)[Si](C)(C)O[C@@H](c1ccccc1-c1ccc(Cl)cc1)C1CCN(c2ccc(C(=O)NS(=O)(=O)c3ccc(N[C@H](CCN4CCOCC4)CSc4ccccc4)c([N+](=O)[O-])c3)cc2)CC1. The Morgan fingerprint density at radius 2 is 1.57 bits per heavy atom. The number of hydrogen-bond acceptors (Lipinski definition) is 11. The number of morpholine rings is 1. The van der Waals surface area contributed by atoms with E-state index in [1.807, 2.05) is 54.6 Å². The highest BCUT2D eigenvalue weighted by molar-refractivity contribution is 7.99. The summed E-state index contributed by atoms with van der Waals surface area (Å²) < 4.78 is 42.2. The summed E-state index contributed by atoms with van der Waals surface area (Å²) >= 11 is 7.92. The summed E-state index contributed by atoms with van der Waals surface area (Å²) in [7, 11) is -6.67. The Kier molecular flexibility index (Phi) is 16.6. The lowest BCUT2D eigenvalue weighted by atomic mass is 9.84. The van der Waals surface area contributed by atoms with Gasteiger partial charge in [-0.15, -0.1) is 11.8 Å². The largest absolute Gasteiger partial charge is 0.410 e. The topological polar surface area (TPSA) is 143 Å². The smallest absolute Gasteiger partial charge is 0.293 e. The van der Waals surface area contributed by atoms with Gasteiger partial charge in [-0.25, -0.2) is 13.1 Å². The molecule has 0 spiro atoms. The number of thioether (sulfide) groups is 1. The Bertz CT molecular complexity index is 2570. The molecule has 0 unspecified atom stereocenters. The maximum absolute atomic E-state index is 13.6. The van der Waals surface area contributed by atoms with Gasteiger partial charge in [-0.05, 0) is 121 Å². The molecule has 2 aliphatic rings. The van der Waals surface area contributed by atoms with E-state index in [0.29, 0.717) is 30.4 Å². The number of sulfonamides is 1. The molecular formula is C51H62ClN5O7S2Si. The van der Waals surface area contributed by atoms with Crippen molar-refractivity contribution >= 4 is 64.7 Å². The lowest BCUT2D eigenvalue weighted by Crippen LogP contribution is -2.45. The van der Waals surface area contributed by atoms with E-state index in [0.717, 1.165) is 73.3 Å². The van der Waals surface area contributed by atoms with Gasteiger partial charge in [-0.1, -0.05) is 87.0 Å². The van der Waals surface area contributed by atoms with Gasteiger partial charge in [0.05, 0.1) is 29.1 Å². The maximum atomic E-state index is 13.6. The van der Waals surface area contributed by atoms with E-state index < -0.39 is 34.9 Å². The first-order valence-corrected chi connectivity index (χ1v) is 28.7. The van der Waals surface area contributed by atoms with Crippen LogP contribution in [0.1, 0.15) is 62.1 Å². The summed E-state index contributed by atoms with van der Waals surface area (Å²) in [6.07, 6.45) is 2.37. The molecule has 2 fully saturated rings. The highest BCUT2D eigenvalue weighted by atomic mass is 35.5. The Morgan fingerprint density at radius 1 is 0.910 bits per heavy atom. The Balaban J connectivity index is 1.01. The average molecular weight is 985 g/mol. The molecule has 5 aromatic carbocycles. The molecule has 2 atom stereocenters. The minimum absolute atomic E-state index is 0.0180. The average Bonchev–Trinajstić information content (AvgIpc) is 3.32. The number of hydrogen-bond donors (Lipinski definition) is 2. The Labute approximate surface area is 406 Å². The summed E-state index contributed by atoms with van der Waals surface area (Å²) in [4.78, 5) is 30.5. The number of anilines is 2. The second-order valence-electron chi connectivity index (χ2n) is 18.8. The third-order valence-corrected chi connectivity index (χ3v) is 20.5. The van der Waals surface area contributed by atoms with E-state index in [1.165, 1.54) is 17.7 Å². The number of rotatable bonds is 18. The van der Waals surface area contributed by atoms with Gasteiger partial charge >= 0.3 is 0 Å². The minimum atomic E-state index is -4.47. The molecular weight excluding hydrogens is 922 g/mol. The molecule has 0 bridgehead atoms. The van der Waals surface area contributed by atoms with Crippen molar-refractivity contribution in [3.63, 3.8) is 0 Å². The molecule has 0 aromatic heterocycles. The first-order valence-electron chi connectivity index (χ1n) is 23.0. The first kappa shape index (κ1) is 50.1. The third kappa shape index (κ3) is 13.1. The van der Waals surface area contributed by atoms with Crippen molar-refractivity contribution in [2.75, 3.05) is 61.9 Å². The summed E-state index contributed by atoms with van der Waals surface area (Å²) in [5.74, 6) is 0.0585. The van der Waals surface area contributed by atoms with E-state index in [-0.39, 0.29) is 39.2 Å². The van der Waals surface area contributed by atoms with Crippen molar-refractivity contribution in [2.45, 2.75) is 80.1 Å². The van der Waals surface area contributed by atoms with Crippen LogP contribution in [0.15, 0.2) is 131 Å². The molecule has 356 valence electrons.